The molecule has 1 aromatic carbocycles. The molecule has 1 saturated carbocycles. The fourth-order valence-corrected chi connectivity index (χ4v) is 3.99. The van der Waals surface area contributed by atoms with E-state index in [2.05, 4.69) is 15.6 Å². The lowest BCUT2D eigenvalue weighted by molar-refractivity contribution is -0.148. The summed E-state index contributed by atoms with van der Waals surface area (Å²) in [5, 5.41) is 6.38. The maximum atomic E-state index is 13.9. The van der Waals surface area contributed by atoms with Gasteiger partial charge in [-0.1, -0.05) is 6.07 Å². The summed E-state index contributed by atoms with van der Waals surface area (Å²) in [4.78, 5) is 5.61. The molecule has 170 valence electrons. The van der Waals surface area contributed by atoms with E-state index in [1.54, 1.807) is 7.05 Å². The Labute approximate surface area is 190 Å². The largest absolute Gasteiger partial charge is 0.401 e. The molecule has 1 heterocycles. The molecule has 0 amide bonds. The summed E-state index contributed by atoms with van der Waals surface area (Å²) in [7, 11) is 1.63. The average molecular weight is 546 g/mol. The highest BCUT2D eigenvalue weighted by Gasteiger charge is 2.42. The molecule has 0 spiro atoms. The van der Waals surface area contributed by atoms with E-state index in [0.717, 1.165) is 19.3 Å². The molecule has 1 aliphatic heterocycles. The van der Waals surface area contributed by atoms with Crippen LogP contribution in [0, 0.1) is 17.6 Å². The predicted octanol–water partition coefficient (Wildman–Crippen LogP) is 4.27. The first kappa shape index (κ1) is 25.1. The van der Waals surface area contributed by atoms with E-state index >= 15 is 0 Å². The van der Waals surface area contributed by atoms with Crippen molar-refractivity contribution in [3.8, 4) is 0 Å². The molecule has 0 radical (unpaired) electrons. The standard InChI is InChI=1S/C20H27F5N4.HI/c1-26-19(28-17-11-14(17)18-15(21)3-2-4-16(18)22)27-8-5-13-6-9-29(10-7-13)12-20(23,24)25;/h2-4,13-14,17H,5-12H2,1H3,(H2,26,27,28);1H. The highest BCUT2D eigenvalue weighted by atomic mass is 127. The quantitative estimate of drug-likeness (QED) is 0.243. The van der Waals surface area contributed by atoms with Gasteiger partial charge in [0, 0.05) is 31.1 Å². The monoisotopic (exact) mass is 546 g/mol. The number of guanidine groups is 1. The number of aliphatic imine (C=N–C) groups is 1. The van der Waals surface area contributed by atoms with Crippen molar-refractivity contribution in [1.29, 1.82) is 0 Å². The van der Waals surface area contributed by atoms with Crippen LogP contribution >= 0.6 is 24.0 Å². The second kappa shape index (κ2) is 10.9. The molecule has 0 bridgehead atoms. The van der Waals surface area contributed by atoms with Crippen molar-refractivity contribution in [3.05, 3.63) is 35.4 Å². The summed E-state index contributed by atoms with van der Waals surface area (Å²) in [6.45, 7) is 0.749. The van der Waals surface area contributed by atoms with Gasteiger partial charge in [-0.2, -0.15) is 13.2 Å². The number of benzene rings is 1. The Morgan fingerprint density at radius 1 is 1.17 bits per heavy atom. The molecule has 2 fully saturated rings. The first-order chi connectivity index (χ1) is 13.8. The minimum Gasteiger partial charge on any atom is -0.356 e. The third kappa shape index (κ3) is 7.21. The van der Waals surface area contributed by atoms with E-state index in [1.165, 1.54) is 23.1 Å². The fourth-order valence-electron chi connectivity index (χ4n) is 3.99. The Balaban J connectivity index is 0.00000320. The molecule has 2 atom stereocenters. The van der Waals surface area contributed by atoms with Crippen LogP contribution in [0.1, 0.15) is 37.2 Å². The molecule has 0 aromatic heterocycles. The number of hydrogen-bond acceptors (Lipinski definition) is 2. The molecule has 30 heavy (non-hydrogen) atoms. The first-order valence-electron chi connectivity index (χ1n) is 9.97. The SMILES string of the molecule is CN=C(NCCC1CCN(CC(F)(F)F)CC1)NC1CC1c1c(F)cccc1F.I. The number of likely N-dealkylation sites (tertiary alicyclic amines) is 1. The van der Waals surface area contributed by atoms with Crippen LogP contribution in [0.15, 0.2) is 23.2 Å². The number of halogens is 6. The highest BCUT2D eigenvalue weighted by Crippen LogP contribution is 2.43. The Bertz CT molecular complexity index is 699. The van der Waals surface area contributed by atoms with Crippen molar-refractivity contribution in [2.75, 3.05) is 33.2 Å². The Morgan fingerprint density at radius 2 is 1.80 bits per heavy atom. The van der Waals surface area contributed by atoms with E-state index in [-0.39, 0.29) is 41.5 Å². The van der Waals surface area contributed by atoms with Gasteiger partial charge < -0.3 is 10.6 Å². The third-order valence-electron chi connectivity index (χ3n) is 5.66. The van der Waals surface area contributed by atoms with Gasteiger partial charge in [0.2, 0.25) is 0 Å². The predicted molar refractivity (Wildman–Crippen MR) is 117 cm³/mol. The van der Waals surface area contributed by atoms with Gasteiger partial charge in [0.05, 0.1) is 6.54 Å². The molecule has 2 unspecified atom stereocenters. The van der Waals surface area contributed by atoms with Crippen LogP contribution < -0.4 is 10.6 Å². The number of rotatable bonds is 6. The van der Waals surface area contributed by atoms with Crippen LogP contribution in [0.25, 0.3) is 0 Å². The molecule has 10 heteroatoms. The summed E-state index contributed by atoms with van der Waals surface area (Å²) in [5.74, 6) is -0.319. The lowest BCUT2D eigenvalue weighted by Crippen LogP contribution is -2.42. The van der Waals surface area contributed by atoms with Gasteiger partial charge in [-0.3, -0.25) is 9.89 Å². The zero-order chi connectivity index (χ0) is 21.0. The number of piperidine rings is 1. The molecular formula is C20H28F5IN4. The van der Waals surface area contributed by atoms with Crippen LogP contribution in [0.2, 0.25) is 0 Å². The molecule has 1 saturated heterocycles. The third-order valence-corrected chi connectivity index (χ3v) is 5.66. The van der Waals surface area contributed by atoms with Crippen molar-refractivity contribution in [2.45, 2.75) is 43.8 Å². The molecule has 2 N–H and O–H groups in total. The maximum absolute atomic E-state index is 13.9. The van der Waals surface area contributed by atoms with Gasteiger partial charge in [0.25, 0.3) is 0 Å². The summed E-state index contributed by atoms with van der Waals surface area (Å²) < 4.78 is 65.1. The van der Waals surface area contributed by atoms with E-state index in [0.29, 0.717) is 37.9 Å². The van der Waals surface area contributed by atoms with Crippen LogP contribution in [0.5, 0.6) is 0 Å². The molecule has 2 aliphatic rings. The first-order valence-corrected chi connectivity index (χ1v) is 9.97. The summed E-state index contributed by atoms with van der Waals surface area (Å²) in [6, 6.07) is 3.81. The van der Waals surface area contributed by atoms with Crippen molar-refractivity contribution in [2.24, 2.45) is 10.9 Å². The molecule has 1 aromatic rings. The lowest BCUT2D eigenvalue weighted by atomic mass is 9.93. The molecule has 4 nitrogen and oxygen atoms in total. The van der Waals surface area contributed by atoms with Crippen molar-refractivity contribution < 1.29 is 22.0 Å². The van der Waals surface area contributed by atoms with Gasteiger partial charge >= 0.3 is 6.18 Å². The molecular weight excluding hydrogens is 518 g/mol. The van der Waals surface area contributed by atoms with Crippen LogP contribution in [-0.4, -0.2) is 56.3 Å². The zero-order valence-electron chi connectivity index (χ0n) is 16.8. The maximum Gasteiger partial charge on any atom is 0.401 e. The number of hydrogen-bond donors (Lipinski definition) is 2. The molecule has 3 rings (SSSR count). The topological polar surface area (TPSA) is 39.7 Å². The summed E-state index contributed by atoms with van der Waals surface area (Å²) >= 11 is 0. The average Bonchev–Trinajstić information content (AvgIpc) is 3.39. The van der Waals surface area contributed by atoms with Crippen molar-refractivity contribution >= 4 is 29.9 Å². The number of nitrogens with one attached hydrogen (secondary N) is 2. The normalized spacial score (nSPS) is 23.1. The fraction of sp³-hybridized carbons (Fsp3) is 0.650. The van der Waals surface area contributed by atoms with Crippen molar-refractivity contribution in [1.82, 2.24) is 15.5 Å². The minimum absolute atomic E-state index is 0. The number of nitrogens with zero attached hydrogens (tertiary/aromatic N) is 2. The second-order valence-corrected chi connectivity index (χ2v) is 7.85. The van der Waals surface area contributed by atoms with Gasteiger partial charge in [-0.15, -0.1) is 24.0 Å². The van der Waals surface area contributed by atoms with Gasteiger partial charge in [-0.05, 0) is 56.8 Å². The van der Waals surface area contributed by atoms with Gasteiger partial charge in [0.15, 0.2) is 5.96 Å². The van der Waals surface area contributed by atoms with Gasteiger partial charge in [-0.25, -0.2) is 8.78 Å². The Hall–Kier alpha value is -1.17. The Kier molecular flexibility index (Phi) is 9.13. The highest BCUT2D eigenvalue weighted by molar-refractivity contribution is 14.0. The smallest absolute Gasteiger partial charge is 0.356 e. The van der Waals surface area contributed by atoms with E-state index in [4.69, 9.17) is 0 Å². The van der Waals surface area contributed by atoms with E-state index in [9.17, 15) is 22.0 Å². The van der Waals surface area contributed by atoms with Crippen molar-refractivity contribution in [3.63, 3.8) is 0 Å². The lowest BCUT2D eigenvalue weighted by Gasteiger charge is -2.32. The summed E-state index contributed by atoms with van der Waals surface area (Å²) in [6.07, 6.45) is -1.16. The van der Waals surface area contributed by atoms with E-state index in [1.807, 2.05) is 0 Å². The molecule has 1 aliphatic carbocycles. The zero-order valence-corrected chi connectivity index (χ0v) is 19.1. The van der Waals surface area contributed by atoms with E-state index < -0.39 is 24.4 Å². The van der Waals surface area contributed by atoms with Crippen LogP contribution in [0.4, 0.5) is 22.0 Å². The van der Waals surface area contributed by atoms with Gasteiger partial charge in [0.1, 0.15) is 11.6 Å². The van der Waals surface area contributed by atoms with Crippen LogP contribution in [0.3, 0.4) is 0 Å². The minimum atomic E-state index is -4.14. The Morgan fingerprint density at radius 3 is 2.37 bits per heavy atom. The van der Waals surface area contributed by atoms with Crippen LogP contribution in [-0.2, 0) is 0 Å². The summed E-state index contributed by atoms with van der Waals surface area (Å²) in [5.41, 5.74) is 0.117. The second-order valence-electron chi connectivity index (χ2n) is 7.85. The number of alkyl halides is 3.